The molecule has 2 heterocycles. The number of likely N-dealkylation sites (tertiary alicyclic amines) is 1. The third-order valence-electron chi connectivity index (χ3n) is 4.36. The van der Waals surface area contributed by atoms with Crippen LogP contribution in [0.5, 0.6) is 0 Å². The van der Waals surface area contributed by atoms with Gasteiger partial charge in [0.1, 0.15) is 0 Å². The summed E-state index contributed by atoms with van der Waals surface area (Å²) in [6, 6.07) is 1.55. The van der Waals surface area contributed by atoms with Crippen LogP contribution in [0.15, 0.2) is 12.4 Å². The van der Waals surface area contributed by atoms with E-state index in [1.807, 2.05) is 10.9 Å². The van der Waals surface area contributed by atoms with Crippen molar-refractivity contribution < 1.29 is 0 Å². The summed E-state index contributed by atoms with van der Waals surface area (Å²) in [7, 11) is 0. The van der Waals surface area contributed by atoms with Gasteiger partial charge >= 0.3 is 0 Å². The standard InChI is InChI=1S/C15H26N4/c1-2-19-12-13(9-17-19)11-18-8-4-3-5-15(18)10-16-14-6-7-14/h9,12,14-16H,2-8,10-11H2,1H3. The molecule has 2 fully saturated rings. The van der Waals surface area contributed by atoms with Gasteiger partial charge in [0, 0.05) is 43.5 Å². The van der Waals surface area contributed by atoms with E-state index in [1.54, 1.807) is 0 Å². The number of piperidine rings is 1. The summed E-state index contributed by atoms with van der Waals surface area (Å²) in [5, 5.41) is 8.08. The fourth-order valence-electron chi connectivity index (χ4n) is 2.98. The van der Waals surface area contributed by atoms with Crippen molar-refractivity contribution in [1.82, 2.24) is 20.0 Å². The number of aromatic nitrogens is 2. The molecule has 0 amide bonds. The SMILES string of the molecule is CCn1cc(CN2CCCCC2CNC2CC2)cn1. The van der Waals surface area contributed by atoms with Crippen molar-refractivity contribution >= 4 is 0 Å². The third-order valence-corrected chi connectivity index (χ3v) is 4.36. The van der Waals surface area contributed by atoms with Crippen LogP contribution in [0, 0.1) is 0 Å². The number of rotatable bonds is 6. The van der Waals surface area contributed by atoms with Crippen molar-refractivity contribution in [2.24, 2.45) is 0 Å². The zero-order valence-electron chi connectivity index (χ0n) is 12.0. The van der Waals surface area contributed by atoms with E-state index in [0.29, 0.717) is 0 Å². The highest BCUT2D eigenvalue weighted by Gasteiger charge is 2.26. The molecule has 1 saturated carbocycles. The lowest BCUT2D eigenvalue weighted by Crippen LogP contribution is -2.45. The Morgan fingerprint density at radius 1 is 1.32 bits per heavy atom. The molecule has 0 spiro atoms. The minimum atomic E-state index is 0.722. The number of aryl methyl sites for hydroxylation is 1. The second-order valence-electron chi connectivity index (χ2n) is 6.01. The highest BCUT2D eigenvalue weighted by molar-refractivity contribution is 5.04. The molecule has 1 aliphatic heterocycles. The highest BCUT2D eigenvalue weighted by atomic mass is 15.3. The Morgan fingerprint density at radius 2 is 2.21 bits per heavy atom. The van der Waals surface area contributed by atoms with Crippen LogP contribution < -0.4 is 5.32 Å². The van der Waals surface area contributed by atoms with Crippen LogP contribution in [0.3, 0.4) is 0 Å². The lowest BCUT2D eigenvalue weighted by atomic mass is 10.0. The minimum Gasteiger partial charge on any atom is -0.312 e. The molecule has 1 saturated heterocycles. The van der Waals surface area contributed by atoms with Gasteiger partial charge in [-0.15, -0.1) is 0 Å². The first kappa shape index (κ1) is 13.1. The maximum Gasteiger partial charge on any atom is 0.0534 e. The predicted molar refractivity (Wildman–Crippen MR) is 77.0 cm³/mol. The number of hydrogen-bond donors (Lipinski definition) is 1. The number of nitrogens with one attached hydrogen (secondary N) is 1. The van der Waals surface area contributed by atoms with Crippen LogP contribution in [0.1, 0.15) is 44.6 Å². The van der Waals surface area contributed by atoms with Crippen LogP contribution in [0.25, 0.3) is 0 Å². The Labute approximate surface area is 116 Å². The highest BCUT2D eigenvalue weighted by Crippen LogP contribution is 2.22. The summed E-state index contributed by atoms with van der Waals surface area (Å²) in [5.41, 5.74) is 1.36. The van der Waals surface area contributed by atoms with Gasteiger partial charge in [0.15, 0.2) is 0 Å². The molecule has 1 aromatic heterocycles. The van der Waals surface area contributed by atoms with Crippen molar-refractivity contribution in [1.29, 1.82) is 0 Å². The summed E-state index contributed by atoms with van der Waals surface area (Å²) >= 11 is 0. The second-order valence-corrected chi connectivity index (χ2v) is 6.01. The molecular formula is C15H26N4. The summed E-state index contributed by atoms with van der Waals surface area (Å²) in [5.74, 6) is 0. The van der Waals surface area contributed by atoms with E-state index in [0.717, 1.165) is 25.2 Å². The fourth-order valence-corrected chi connectivity index (χ4v) is 2.98. The maximum atomic E-state index is 4.38. The van der Waals surface area contributed by atoms with Gasteiger partial charge < -0.3 is 5.32 Å². The quantitative estimate of drug-likeness (QED) is 0.851. The molecule has 4 nitrogen and oxygen atoms in total. The maximum absolute atomic E-state index is 4.38. The first-order valence-corrected chi connectivity index (χ1v) is 7.84. The van der Waals surface area contributed by atoms with Gasteiger partial charge in [-0.05, 0) is 39.2 Å². The van der Waals surface area contributed by atoms with Gasteiger partial charge in [-0.1, -0.05) is 6.42 Å². The summed E-state index contributed by atoms with van der Waals surface area (Å²) < 4.78 is 2.02. The van der Waals surface area contributed by atoms with E-state index in [-0.39, 0.29) is 0 Å². The van der Waals surface area contributed by atoms with Crippen LogP contribution in [-0.2, 0) is 13.1 Å². The largest absolute Gasteiger partial charge is 0.312 e. The van der Waals surface area contributed by atoms with Crippen molar-refractivity contribution in [3.63, 3.8) is 0 Å². The lowest BCUT2D eigenvalue weighted by molar-refractivity contribution is 0.137. The van der Waals surface area contributed by atoms with Gasteiger partial charge in [-0.25, -0.2) is 0 Å². The molecule has 3 rings (SSSR count). The van der Waals surface area contributed by atoms with Crippen molar-refractivity contribution in [2.75, 3.05) is 13.1 Å². The fraction of sp³-hybridized carbons (Fsp3) is 0.800. The van der Waals surface area contributed by atoms with Crippen LogP contribution in [0.4, 0.5) is 0 Å². The Morgan fingerprint density at radius 3 is 2.95 bits per heavy atom. The topological polar surface area (TPSA) is 33.1 Å². The molecule has 0 radical (unpaired) electrons. The molecule has 2 aliphatic rings. The van der Waals surface area contributed by atoms with Crippen molar-refractivity contribution in [2.45, 2.75) is 64.2 Å². The van der Waals surface area contributed by atoms with E-state index >= 15 is 0 Å². The molecule has 19 heavy (non-hydrogen) atoms. The van der Waals surface area contributed by atoms with Gasteiger partial charge in [0.2, 0.25) is 0 Å². The summed E-state index contributed by atoms with van der Waals surface area (Å²) in [4.78, 5) is 2.65. The van der Waals surface area contributed by atoms with Gasteiger partial charge in [-0.3, -0.25) is 9.58 Å². The first-order valence-electron chi connectivity index (χ1n) is 7.84. The van der Waals surface area contributed by atoms with Crippen LogP contribution in [-0.4, -0.2) is 39.9 Å². The molecule has 0 aromatic carbocycles. The van der Waals surface area contributed by atoms with Crippen molar-refractivity contribution in [3.05, 3.63) is 18.0 Å². The predicted octanol–water partition coefficient (Wildman–Crippen LogP) is 2.01. The average Bonchev–Trinajstić information content (AvgIpc) is 3.16. The molecule has 1 atom stereocenters. The van der Waals surface area contributed by atoms with Crippen LogP contribution in [0.2, 0.25) is 0 Å². The van der Waals surface area contributed by atoms with E-state index in [4.69, 9.17) is 0 Å². The Bertz CT molecular complexity index is 397. The molecule has 4 heteroatoms. The monoisotopic (exact) mass is 262 g/mol. The molecule has 1 aliphatic carbocycles. The Hall–Kier alpha value is -0.870. The zero-order valence-corrected chi connectivity index (χ0v) is 12.0. The molecule has 0 bridgehead atoms. The minimum absolute atomic E-state index is 0.722. The lowest BCUT2D eigenvalue weighted by Gasteiger charge is -2.35. The second kappa shape index (κ2) is 6.06. The molecule has 106 valence electrons. The third kappa shape index (κ3) is 3.57. The first-order chi connectivity index (χ1) is 9.35. The number of nitrogens with zero attached hydrogens (tertiary/aromatic N) is 3. The summed E-state index contributed by atoms with van der Waals surface area (Å²) in [6.45, 7) is 6.59. The average molecular weight is 262 g/mol. The van der Waals surface area contributed by atoms with Gasteiger partial charge in [0.05, 0.1) is 6.20 Å². The smallest absolute Gasteiger partial charge is 0.0534 e. The summed E-state index contributed by atoms with van der Waals surface area (Å²) in [6.07, 6.45) is 11.1. The van der Waals surface area contributed by atoms with Crippen molar-refractivity contribution in [3.8, 4) is 0 Å². The normalized spacial score (nSPS) is 24.8. The van der Waals surface area contributed by atoms with E-state index in [9.17, 15) is 0 Å². The molecular weight excluding hydrogens is 236 g/mol. The van der Waals surface area contributed by atoms with E-state index in [1.165, 1.54) is 50.8 Å². The molecule has 1 N–H and O–H groups in total. The Kier molecular flexibility index (Phi) is 4.18. The molecule has 1 aromatic rings. The van der Waals surface area contributed by atoms with Gasteiger partial charge in [-0.2, -0.15) is 5.10 Å². The van der Waals surface area contributed by atoms with Gasteiger partial charge in [0.25, 0.3) is 0 Å². The molecule has 1 unspecified atom stereocenters. The zero-order chi connectivity index (χ0) is 13.1. The van der Waals surface area contributed by atoms with E-state index < -0.39 is 0 Å². The van der Waals surface area contributed by atoms with Crippen LogP contribution >= 0.6 is 0 Å². The Balaban J connectivity index is 1.55. The van der Waals surface area contributed by atoms with E-state index in [2.05, 4.69) is 28.4 Å². The number of hydrogen-bond acceptors (Lipinski definition) is 3.